The summed E-state index contributed by atoms with van der Waals surface area (Å²) in [6, 6.07) is 0.993. The molecule has 34 heavy (non-hydrogen) atoms. The van der Waals surface area contributed by atoms with Crippen molar-refractivity contribution < 1.29 is 43.3 Å². The first-order valence-corrected chi connectivity index (χ1v) is 12.2. The van der Waals surface area contributed by atoms with Crippen LogP contribution < -0.4 is 21.9 Å². The van der Waals surface area contributed by atoms with Crippen LogP contribution in [0.5, 0.6) is 0 Å². The second-order valence-corrected chi connectivity index (χ2v) is 9.23. The highest BCUT2D eigenvalue weighted by atomic mass is 31.2. The Labute approximate surface area is 193 Å². The number of ether oxygens (including phenoxy) is 1. The van der Waals surface area contributed by atoms with Gasteiger partial charge in [0.05, 0.1) is 13.2 Å². The molecule has 1 unspecified atom stereocenters. The summed E-state index contributed by atoms with van der Waals surface area (Å²) in [5.74, 6) is -1.58. The molecule has 1 saturated heterocycles. The monoisotopic (exact) mass is 508 g/mol. The molecule has 16 heteroatoms. The number of carbonyl (C=O) groups is 2. The highest BCUT2D eigenvalue weighted by molar-refractivity contribution is 7.53. The van der Waals surface area contributed by atoms with Crippen molar-refractivity contribution in [3.05, 3.63) is 33.1 Å². The van der Waals surface area contributed by atoms with E-state index >= 15 is 0 Å². The van der Waals surface area contributed by atoms with Gasteiger partial charge in [-0.25, -0.2) is 4.79 Å². The Morgan fingerprint density at radius 1 is 1.21 bits per heavy atom. The number of amides is 2. The zero-order chi connectivity index (χ0) is 25.5. The van der Waals surface area contributed by atoms with Gasteiger partial charge in [0.15, 0.2) is 12.3 Å². The number of nitrogens with zero attached hydrogens (tertiary/aromatic N) is 1. The van der Waals surface area contributed by atoms with E-state index in [1.165, 1.54) is 0 Å². The zero-order valence-electron chi connectivity index (χ0n) is 18.6. The normalized spacial score (nSPS) is 23.4. The lowest BCUT2D eigenvalue weighted by Gasteiger charge is -2.20. The molecule has 2 heterocycles. The summed E-state index contributed by atoms with van der Waals surface area (Å²) >= 11 is 0. The highest BCUT2D eigenvalue weighted by Gasteiger charge is 2.49. The van der Waals surface area contributed by atoms with E-state index in [0.29, 0.717) is 0 Å². The number of aliphatic hydroxyl groups is 3. The van der Waals surface area contributed by atoms with E-state index in [-0.39, 0.29) is 32.5 Å². The van der Waals surface area contributed by atoms with Gasteiger partial charge in [-0.2, -0.15) is 0 Å². The van der Waals surface area contributed by atoms with Crippen LogP contribution in [0.4, 0.5) is 0 Å². The van der Waals surface area contributed by atoms with Gasteiger partial charge < -0.3 is 39.7 Å². The van der Waals surface area contributed by atoms with Crippen LogP contribution >= 0.6 is 7.60 Å². The highest BCUT2D eigenvalue weighted by Crippen LogP contribution is 2.46. The Balaban J connectivity index is 1.87. The fourth-order valence-electron chi connectivity index (χ4n) is 3.15. The first kappa shape index (κ1) is 27.9. The number of hydrogen-bond acceptors (Lipinski definition) is 11. The molecule has 1 aliphatic rings. The lowest BCUT2D eigenvalue weighted by atomic mass is 10.0. The van der Waals surface area contributed by atoms with Crippen LogP contribution in [0.15, 0.2) is 21.9 Å². The number of hydrogen-bond donors (Lipinski definition) is 6. The number of nitrogens with one attached hydrogen (secondary N) is 3. The molecule has 0 bridgehead atoms. The molecule has 1 fully saturated rings. The summed E-state index contributed by atoms with van der Waals surface area (Å²) in [6.07, 6.45) is -8.00. The average molecular weight is 508 g/mol. The minimum absolute atomic E-state index is 0.128. The maximum absolute atomic E-state index is 12.3. The maximum Gasteiger partial charge on any atom is 0.349 e. The van der Waals surface area contributed by atoms with E-state index in [1.807, 2.05) is 4.98 Å². The SMILES string of the molecule is CCOP(=O)(CNC(=O)CCNC(=O)C(O)[C@H]1O[C@@H](n2ccc(=O)[nH]c2=O)[C@H](O)[C@@H]1O)OCC. The van der Waals surface area contributed by atoms with Crippen molar-refractivity contribution in [1.29, 1.82) is 0 Å². The molecule has 1 aliphatic heterocycles. The second kappa shape index (κ2) is 12.4. The minimum Gasteiger partial charge on any atom is -0.387 e. The molecule has 1 aromatic rings. The smallest absolute Gasteiger partial charge is 0.349 e. The third kappa shape index (κ3) is 7.06. The summed E-state index contributed by atoms with van der Waals surface area (Å²) < 4.78 is 28.5. The van der Waals surface area contributed by atoms with Crippen LogP contribution in [-0.2, 0) is 27.9 Å². The molecule has 2 rings (SSSR count). The van der Waals surface area contributed by atoms with Gasteiger partial charge >= 0.3 is 13.3 Å². The fourth-order valence-corrected chi connectivity index (χ4v) is 4.57. The Hall–Kier alpha value is -2.39. The van der Waals surface area contributed by atoms with Gasteiger partial charge in [-0.3, -0.25) is 28.5 Å². The van der Waals surface area contributed by atoms with Gasteiger partial charge in [0.25, 0.3) is 11.5 Å². The molecule has 2 amide bonds. The molecular formula is C18H29N4O11P. The maximum atomic E-state index is 12.3. The summed E-state index contributed by atoms with van der Waals surface area (Å²) in [4.78, 5) is 49.2. The van der Waals surface area contributed by atoms with Gasteiger partial charge in [-0.15, -0.1) is 0 Å². The molecule has 0 spiro atoms. The fraction of sp³-hybridized carbons (Fsp3) is 0.667. The van der Waals surface area contributed by atoms with E-state index in [4.69, 9.17) is 13.8 Å². The van der Waals surface area contributed by atoms with Crippen LogP contribution in [0.25, 0.3) is 0 Å². The Kier molecular flexibility index (Phi) is 10.1. The summed E-state index contributed by atoms with van der Waals surface area (Å²) in [6.45, 7) is 3.29. The number of aromatic amines is 1. The van der Waals surface area contributed by atoms with Gasteiger partial charge in [0.2, 0.25) is 5.91 Å². The van der Waals surface area contributed by atoms with Crippen molar-refractivity contribution >= 4 is 19.4 Å². The van der Waals surface area contributed by atoms with E-state index in [0.717, 1.165) is 16.8 Å². The van der Waals surface area contributed by atoms with Crippen molar-refractivity contribution in [2.24, 2.45) is 0 Å². The standard InChI is InChI=1S/C18H29N4O11P/c1-3-31-34(30,32-4-2)9-20-10(23)5-7-19-16(28)14(27)15-12(25)13(26)17(33-15)22-8-6-11(24)21-18(22)29/h6,8,12-15,17,25-27H,3-5,7,9H2,1-2H3,(H,19,28)(H,20,23)(H,21,24,29)/t12-,13+,14?,15-,17+/m0/s1. The number of carbonyl (C=O) groups excluding carboxylic acids is 2. The molecule has 0 radical (unpaired) electrons. The molecule has 6 N–H and O–H groups in total. The number of aromatic nitrogens is 2. The predicted octanol–water partition coefficient (Wildman–Crippen LogP) is -2.64. The van der Waals surface area contributed by atoms with Crippen molar-refractivity contribution in [1.82, 2.24) is 20.2 Å². The molecule has 0 aliphatic carbocycles. The quantitative estimate of drug-likeness (QED) is 0.160. The second-order valence-electron chi connectivity index (χ2n) is 7.18. The van der Waals surface area contributed by atoms with Crippen LogP contribution in [-0.4, -0.2) is 87.1 Å². The Morgan fingerprint density at radius 3 is 2.44 bits per heavy atom. The summed E-state index contributed by atoms with van der Waals surface area (Å²) in [5, 5.41) is 35.3. The van der Waals surface area contributed by atoms with Gasteiger partial charge in [0.1, 0.15) is 24.6 Å². The lowest BCUT2D eigenvalue weighted by molar-refractivity contribution is -0.143. The molecule has 1 aromatic heterocycles. The van der Waals surface area contributed by atoms with Gasteiger partial charge in [0, 0.05) is 25.2 Å². The Bertz CT molecular complexity index is 1000. The largest absolute Gasteiger partial charge is 0.387 e. The zero-order valence-corrected chi connectivity index (χ0v) is 19.5. The molecule has 0 saturated carbocycles. The van der Waals surface area contributed by atoms with Gasteiger partial charge in [-0.05, 0) is 13.8 Å². The number of H-pyrrole nitrogens is 1. The van der Waals surface area contributed by atoms with E-state index in [1.54, 1.807) is 13.8 Å². The topological polar surface area (TPSA) is 219 Å². The van der Waals surface area contributed by atoms with Crippen molar-refractivity contribution in [3.8, 4) is 0 Å². The molecule has 5 atom stereocenters. The molecule has 0 aromatic carbocycles. The van der Waals surface area contributed by atoms with Crippen molar-refractivity contribution in [3.63, 3.8) is 0 Å². The number of aliphatic hydroxyl groups excluding tert-OH is 3. The molecule has 15 nitrogen and oxygen atoms in total. The minimum atomic E-state index is -3.48. The summed E-state index contributed by atoms with van der Waals surface area (Å²) in [5.41, 5.74) is -1.61. The van der Waals surface area contributed by atoms with Crippen molar-refractivity contribution in [2.75, 3.05) is 26.0 Å². The van der Waals surface area contributed by atoms with Crippen LogP contribution in [0.3, 0.4) is 0 Å². The molecule has 192 valence electrons. The lowest BCUT2D eigenvalue weighted by Crippen LogP contribution is -2.48. The average Bonchev–Trinajstić information content (AvgIpc) is 3.06. The van der Waals surface area contributed by atoms with Crippen LogP contribution in [0.2, 0.25) is 0 Å². The Morgan fingerprint density at radius 2 is 1.85 bits per heavy atom. The van der Waals surface area contributed by atoms with E-state index in [9.17, 15) is 39.1 Å². The summed E-state index contributed by atoms with van der Waals surface area (Å²) in [7, 11) is -3.48. The third-order valence-electron chi connectivity index (χ3n) is 4.75. The van der Waals surface area contributed by atoms with Crippen molar-refractivity contribution in [2.45, 2.75) is 50.9 Å². The predicted molar refractivity (Wildman–Crippen MR) is 115 cm³/mol. The van der Waals surface area contributed by atoms with Gasteiger partial charge in [-0.1, -0.05) is 0 Å². The number of rotatable bonds is 12. The first-order chi connectivity index (χ1) is 16.0. The van der Waals surface area contributed by atoms with Crippen LogP contribution in [0.1, 0.15) is 26.5 Å². The third-order valence-corrected chi connectivity index (χ3v) is 6.60. The van der Waals surface area contributed by atoms with E-state index < -0.39 is 61.3 Å². The molecular weight excluding hydrogens is 479 g/mol. The first-order valence-electron chi connectivity index (χ1n) is 10.5. The van der Waals surface area contributed by atoms with Crippen LogP contribution in [0, 0.1) is 0 Å². The van der Waals surface area contributed by atoms with E-state index in [2.05, 4.69) is 10.6 Å².